The fourth-order valence-corrected chi connectivity index (χ4v) is 2.38. The second-order valence-electron chi connectivity index (χ2n) is 4.43. The SMILES string of the molecule is CCCC(=O)N1CC2(CCNC2)C1. The van der Waals surface area contributed by atoms with Gasteiger partial charge in [-0.3, -0.25) is 4.79 Å². The van der Waals surface area contributed by atoms with Crippen LogP contribution in [-0.4, -0.2) is 37.0 Å². The first-order valence-corrected chi connectivity index (χ1v) is 5.24. The van der Waals surface area contributed by atoms with E-state index in [1.54, 1.807) is 0 Å². The Kier molecular flexibility index (Phi) is 2.28. The van der Waals surface area contributed by atoms with Gasteiger partial charge in [0.15, 0.2) is 0 Å². The van der Waals surface area contributed by atoms with Crippen molar-refractivity contribution in [3.8, 4) is 0 Å². The molecule has 2 heterocycles. The largest absolute Gasteiger partial charge is 0.341 e. The van der Waals surface area contributed by atoms with Crippen LogP contribution in [0.15, 0.2) is 0 Å². The van der Waals surface area contributed by atoms with Gasteiger partial charge in [-0.15, -0.1) is 0 Å². The number of amides is 1. The number of carbonyl (C=O) groups is 1. The summed E-state index contributed by atoms with van der Waals surface area (Å²) in [6, 6.07) is 0. The molecule has 2 saturated heterocycles. The smallest absolute Gasteiger partial charge is 0.222 e. The zero-order valence-electron chi connectivity index (χ0n) is 8.31. The van der Waals surface area contributed by atoms with Crippen LogP contribution in [-0.2, 0) is 4.79 Å². The highest BCUT2D eigenvalue weighted by atomic mass is 16.2. The van der Waals surface area contributed by atoms with Crippen molar-refractivity contribution in [3.05, 3.63) is 0 Å². The maximum Gasteiger partial charge on any atom is 0.222 e. The highest BCUT2D eigenvalue weighted by Crippen LogP contribution is 2.36. The topological polar surface area (TPSA) is 32.3 Å². The number of hydrogen-bond donors (Lipinski definition) is 1. The normalized spacial score (nSPS) is 24.8. The van der Waals surface area contributed by atoms with E-state index in [0.717, 1.165) is 39.0 Å². The Hall–Kier alpha value is -0.570. The lowest BCUT2D eigenvalue weighted by Crippen LogP contribution is -2.59. The van der Waals surface area contributed by atoms with Crippen LogP contribution >= 0.6 is 0 Å². The van der Waals surface area contributed by atoms with E-state index in [1.165, 1.54) is 6.42 Å². The average molecular weight is 182 g/mol. The van der Waals surface area contributed by atoms with Gasteiger partial charge in [0.25, 0.3) is 0 Å². The minimum atomic E-state index is 0.347. The molecule has 0 atom stereocenters. The molecule has 0 unspecified atom stereocenters. The minimum Gasteiger partial charge on any atom is -0.341 e. The van der Waals surface area contributed by atoms with E-state index in [9.17, 15) is 4.79 Å². The summed E-state index contributed by atoms with van der Waals surface area (Å²) in [5, 5.41) is 3.37. The van der Waals surface area contributed by atoms with E-state index in [1.807, 2.05) is 4.90 Å². The van der Waals surface area contributed by atoms with Gasteiger partial charge in [-0.05, 0) is 19.4 Å². The molecule has 2 fully saturated rings. The molecular formula is C10H18N2O. The fraction of sp³-hybridized carbons (Fsp3) is 0.900. The molecule has 0 radical (unpaired) electrons. The highest BCUT2D eigenvalue weighted by Gasteiger charge is 2.46. The molecule has 1 amide bonds. The molecule has 0 aromatic heterocycles. The quantitative estimate of drug-likeness (QED) is 0.678. The zero-order valence-corrected chi connectivity index (χ0v) is 8.31. The van der Waals surface area contributed by atoms with Crippen LogP contribution in [0.3, 0.4) is 0 Å². The van der Waals surface area contributed by atoms with Gasteiger partial charge in [-0.25, -0.2) is 0 Å². The second kappa shape index (κ2) is 3.29. The molecule has 0 bridgehead atoms. The molecule has 0 aliphatic carbocycles. The van der Waals surface area contributed by atoms with Crippen LogP contribution in [0.25, 0.3) is 0 Å². The summed E-state index contributed by atoms with van der Waals surface area (Å²) in [4.78, 5) is 13.5. The van der Waals surface area contributed by atoms with Gasteiger partial charge in [-0.1, -0.05) is 6.92 Å². The molecule has 0 aromatic rings. The summed E-state index contributed by atoms with van der Waals surface area (Å²) in [5.74, 6) is 0.347. The van der Waals surface area contributed by atoms with E-state index >= 15 is 0 Å². The first-order valence-electron chi connectivity index (χ1n) is 5.24. The molecule has 2 aliphatic heterocycles. The summed E-state index contributed by atoms with van der Waals surface area (Å²) in [6.07, 6.45) is 2.95. The van der Waals surface area contributed by atoms with Gasteiger partial charge < -0.3 is 10.2 Å². The van der Waals surface area contributed by atoms with Crippen LogP contribution < -0.4 is 5.32 Å². The Bertz CT molecular complexity index is 201. The molecule has 2 rings (SSSR count). The minimum absolute atomic E-state index is 0.347. The molecule has 2 aliphatic rings. The van der Waals surface area contributed by atoms with Gasteiger partial charge in [0.2, 0.25) is 5.91 Å². The number of nitrogens with zero attached hydrogens (tertiary/aromatic N) is 1. The van der Waals surface area contributed by atoms with Gasteiger partial charge in [0, 0.05) is 31.5 Å². The highest BCUT2D eigenvalue weighted by molar-refractivity contribution is 5.77. The molecule has 74 valence electrons. The monoisotopic (exact) mass is 182 g/mol. The molecular weight excluding hydrogens is 164 g/mol. The maximum atomic E-state index is 11.5. The van der Waals surface area contributed by atoms with E-state index in [-0.39, 0.29) is 0 Å². The Labute approximate surface area is 79.5 Å². The molecule has 0 saturated carbocycles. The predicted octanol–water partition coefficient (Wildman–Crippen LogP) is 0.608. The summed E-state index contributed by atoms with van der Waals surface area (Å²) >= 11 is 0. The Morgan fingerprint density at radius 2 is 2.31 bits per heavy atom. The molecule has 3 heteroatoms. The third kappa shape index (κ3) is 1.57. The fourth-order valence-electron chi connectivity index (χ4n) is 2.38. The summed E-state index contributed by atoms with van der Waals surface area (Å²) in [6.45, 7) is 6.31. The number of carbonyl (C=O) groups excluding carboxylic acids is 1. The summed E-state index contributed by atoms with van der Waals surface area (Å²) < 4.78 is 0. The van der Waals surface area contributed by atoms with Crippen LogP contribution in [0.5, 0.6) is 0 Å². The van der Waals surface area contributed by atoms with Crippen LogP contribution in [0, 0.1) is 5.41 Å². The zero-order chi connectivity index (χ0) is 9.31. The van der Waals surface area contributed by atoms with E-state index in [4.69, 9.17) is 0 Å². The van der Waals surface area contributed by atoms with Gasteiger partial charge in [0.1, 0.15) is 0 Å². The van der Waals surface area contributed by atoms with Crippen molar-refractivity contribution in [2.24, 2.45) is 5.41 Å². The van der Waals surface area contributed by atoms with Crippen molar-refractivity contribution in [1.82, 2.24) is 10.2 Å². The van der Waals surface area contributed by atoms with Crippen molar-refractivity contribution in [1.29, 1.82) is 0 Å². The van der Waals surface area contributed by atoms with E-state index in [2.05, 4.69) is 12.2 Å². The number of nitrogens with one attached hydrogen (secondary N) is 1. The molecule has 3 nitrogen and oxygen atoms in total. The third-order valence-electron chi connectivity index (χ3n) is 3.20. The van der Waals surface area contributed by atoms with Crippen molar-refractivity contribution in [3.63, 3.8) is 0 Å². The van der Waals surface area contributed by atoms with E-state index < -0.39 is 0 Å². The number of hydrogen-bond acceptors (Lipinski definition) is 2. The third-order valence-corrected chi connectivity index (χ3v) is 3.20. The number of rotatable bonds is 2. The first-order chi connectivity index (χ1) is 6.26. The van der Waals surface area contributed by atoms with Crippen molar-refractivity contribution >= 4 is 5.91 Å². The lowest BCUT2D eigenvalue weighted by atomic mass is 9.79. The lowest BCUT2D eigenvalue weighted by Gasteiger charge is -2.47. The molecule has 1 spiro atoms. The first kappa shape index (κ1) is 9.00. The summed E-state index contributed by atoms with van der Waals surface area (Å²) in [5.41, 5.74) is 0.462. The maximum absolute atomic E-state index is 11.5. The van der Waals surface area contributed by atoms with Crippen LogP contribution in [0.4, 0.5) is 0 Å². The number of likely N-dealkylation sites (tertiary alicyclic amines) is 1. The lowest BCUT2D eigenvalue weighted by molar-refractivity contribution is -0.142. The van der Waals surface area contributed by atoms with E-state index in [0.29, 0.717) is 11.3 Å². The second-order valence-corrected chi connectivity index (χ2v) is 4.43. The standard InChI is InChI=1S/C10H18N2O/c1-2-3-9(13)12-7-10(8-12)4-5-11-6-10/h11H,2-8H2,1H3. The van der Waals surface area contributed by atoms with Gasteiger partial charge in [0.05, 0.1) is 0 Å². The van der Waals surface area contributed by atoms with Crippen LogP contribution in [0.1, 0.15) is 26.2 Å². The molecule has 0 aromatic carbocycles. The Balaban J connectivity index is 1.80. The average Bonchev–Trinajstić information content (AvgIpc) is 2.49. The summed E-state index contributed by atoms with van der Waals surface area (Å²) in [7, 11) is 0. The predicted molar refractivity (Wildman–Crippen MR) is 51.4 cm³/mol. The van der Waals surface area contributed by atoms with Crippen molar-refractivity contribution in [2.45, 2.75) is 26.2 Å². The Morgan fingerprint density at radius 1 is 1.54 bits per heavy atom. The van der Waals surface area contributed by atoms with Crippen molar-refractivity contribution < 1.29 is 4.79 Å². The van der Waals surface area contributed by atoms with Crippen molar-refractivity contribution in [2.75, 3.05) is 26.2 Å². The van der Waals surface area contributed by atoms with Crippen LogP contribution in [0.2, 0.25) is 0 Å². The Morgan fingerprint density at radius 3 is 2.85 bits per heavy atom. The molecule has 1 N–H and O–H groups in total. The van der Waals surface area contributed by atoms with Gasteiger partial charge in [-0.2, -0.15) is 0 Å². The van der Waals surface area contributed by atoms with Gasteiger partial charge >= 0.3 is 0 Å². The molecule has 13 heavy (non-hydrogen) atoms.